The van der Waals surface area contributed by atoms with E-state index in [9.17, 15) is 9.59 Å². The minimum Gasteiger partial charge on any atom is -0.482 e. The molecule has 1 saturated carbocycles. The lowest BCUT2D eigenvalue weighted by atomic mass is 9.97. The first-order valence-corrected chi connectivity index (χ1v) is 17.4. The molecular weight excluding hydrogens is 616 g/mol. The van der Waals surface area contributed by atoms with Crippen LogP contribution in [0.15, 0.2) is 60.7 Å². The van der Waals surface area contributed by atoms with Gasteiger partial charge in [-0.2, -0.15) is 0 Å². The van der Waals surface area contributed by atoms with Crippen LogP contribution < -0.4 is 15.8 Å². The third-order valence-corrected chi connectivity index (χ3v) is 10.7. The van der Waals surface area contributed by atoms with Gasteiger partial charge in [0.1, 0.15) is 17.0 Å². The number of nitrogens with two attached hydrogens (primary N) is 1. The van der Waals surface area contributed by atoms with Gasteiger partial charge in [-0.1, -0.05) is 30.3 Å². The first kappa shape index (κ1) is 31.4. The molecule has 3 amide bonds. The standard InChI is InChI=1S/C38H44N8O3/c1-22(40-38(48)43(3)20-24-8-6-5-7-9-24)30-14-12-26-16-32(44(36(26)41-30)21-25-10-11-25)35-23(2)45-33(42-35)17-27(18-34(45)49-4)37(47)46-28-13-15-31(46)29(39)19-28/h5-9,12,14,16-18,22,25,28-29,31H,10-11,13,15,19-21,39H2,1-4H3,(H,40,48)/t22-,28+,29-,31-/m1/s1. The number of urea groups is 1. The zero-order valence-corrected chi connectivity index (χ0v) is 28.6. The number of benzene rings is 1. The summed E-state index contributed by atoms with van der Waals surface area (Å²) in [6.07, 6.45) is 5.20. The fourth-order valence-corrected chi connectivity index (χ4v) is 7.91. The number of aryl methyl sites for hydroxylation is 1. The molecule has 254 valence electrons. The normalized spacial score (nSPS) is 20.7. The molecule has 0 spiro atoms. The molecule has 0 unspecified atom stereocenters. The molecule has 49 heavy (non-hydrogen) atoms. The Morgan fingerprint density at radius 3 is 2.55 bits per heavy atom. The number of fused-ring (bicyclic) bond motifs is 4. The molecule has 4 aromatic heterocycles. The summed E-state index contributed by atoms with van der Waals surface area (Å²) in [5, 5.41) is 4.14. The maximum Gasteiger partial charge on any atom is 0.317 e. The van der Waals surface area contributed by atoms with Gasteiger partial charge in [-0.3, -0.25) is 9.20 Å². The number of carbonyl (C=O) groups is 2. The SMILES string of the molecule is COc1cc(C(=O)N2[C@H]3CC[C@@H]2[C@H](N)C3)cc2nc(-c3cc4ccc([C@@H](C)NC(=O)N(C)Cc5ccccc5)nc4n3CC3CC3)c(C)n12. The second-order valence-corrected chi connectivity index (χ2v) is 14.2. The number of hydrogen-bond donors (Lipinski definition) is 2. The van der Waals surface area contributed by atoms with E-state index >= 15 is 0 Å². The zero-order chi connectivity index (χ0) is 34.0. The molecule has 5 aromatic rings. The molecule has 3 aliphatic rings. The summed E-state index contributed by atoms with van der Waals surface area (Å²) in [4.78, 5) is 40.9. The van der Waals surface area contributed by atoms with Crippen LogP contribution in [-0.2, 0) is 13.1 Å². The van der Waals surface area contributed by atoms with Gasteiger partial charge in [-0.15, -0.1) is 0 Å². The summed E-state index contributed by atoms with van der Waals surface area (Å²) in [6, 6.07) is 19.8. The smallest absolute Gasteiger partial charge is 0.317 e. The fourth-order valence-electron chi connectivity index (χ4n) is 7.91. The van der Waals surface area contributed by atoms with Crippen LogP contribution in [0.5, 0.6) is 5.88 Å². The molecule has 11 heteroatoms. The van der Waals surface area contributed by atoms with Gasteiger partial charge in [0, 0.05) is 55.3 Å². The largest absolute Gasteiger partial charge is 0.482 e. The maximum atomic E-state index is 13.8. The molecule has 6 heterocycles. The maximum absolute atomic E-state index is 13.8. The average Bonchev–Trinajstić information content (AvgIpc) is 3.42. The number of nitrogens with zero attached hydrogens (tertiary/aromatic N) is 6. The van der Waals surface area contributed by atoms with E-state index in [2.05, 4.69) is 22.0 Å². The van der Waals surface area contributed by atoms with Crippen molar-refractivity contribution in [3.05, 3.63) is 83.2 Å². The van der Waals surface area contributed by atoms with Gasteiger partial charge in [0.05, 0.1) is 30.2 Å². The summed E-state index contributed by atoms with van der Waals surface area (Å²) >= 11 is 0. The van der Waals surface area contributed by atoms with Crippen molar-refractivity contribution >= 4 is 28.6 Å². The van der Waals surface area contributed by atoms with Crippen molar-refractivity contribution in [3.8, 4) is 17.3 Å². The molecule has 3 fully saturated rings. The number of aromatic nitrogens is 4. The Hall–Kier alpha value is -4.90. The highest BCUT2D eigenvalue weighted by Gasteiger charge is 2.47. The fraction of sp³-hybridized carbons (Fsp3) is 0.421. The zero-order valence-electron chi connectivity index (χ0n) is 28.6. The van der Waals surface area contributed by atoms with Crippen LogP contribution in [0.2, 0.25) is 0 Å². The lowest BCUT2D eigenvalue weighted by molar-refractivity contribution is 0.0726. The third kappa shape index (κ3) is 5.59. The minimum atomic E-state index is -0.291. The van der Waals surface area contributed by atoms with Crippen molar-refractivity contribution in [1.29, 1.82) is 0 Å². The summed E-state index contributed by atoms with van der Waals surface area (Å²) < 4.78 is 10.1. The number of methoxy groups -OCH3 is 1. The van der Waals surface area contributed by atoms with Crippen molar-refractivity contribution in [1.82, 2.24) is 34.1 Å². The highest BCUT2D eigenvalue weighted by atomic mass is 16.5. The molecule has 1 aromatic carbocycles. The Bertz CT molecular complexity index is 2070. The van der Waals surface area contributed by atoms with Crippen LogP contribution >= 0.6 is 0 Å². The molecule has 2 bridgehead atoms. The highest BCUT2D eigenvalue weighted by Crippen LogP contribution is 2.40. The van der Waals surface area contributed by atoms with Gasteiger partial charge in [-0.25, -0.2) is 14.8 Å². The van der Waals surface area contributed by atoms with E-state index in [-0.39, 0.29) is 36.1 Å². The summed E-state index contributed by atoms with van der Waals surface area (Å²) in [5.41, 5.74) is 13.1. The van der Waals surface area contributed by atoms with Crippen LogP contribution in [-0.4, -0.2) is 73.0 Å². The summed E-state index contributed by atoms with van der Waals surface area (Å²) in [5.74, 6) is 1.15. The topological polar surface area (TPSA) is 123 Å². The minimum absolute atomic E-state index is 0.00417. The molecule has 2 saturated heterocycles. The lowest BCUT2D eigenvalue weighted by Gasteiger charge is -2.23. The van der Waals surface area contributed by atoms with Crippen molar-refractivity contribution in [2.24, 2.45) is 11.7 Å². The Labute approximate surface area is 286 Å². The number of nitrogens with one attached hydrogen (secondary N) is 1. The molecule has 3 N–H and O–H groups in total. The van der Waals surface area contributed by atoms with E-state index in [4.69, 9.17) is 20.4 Å². The van der Waals surface area contributed by atoms with E-state index < -0.39 is 0 Å². The van der Waals surface area contributed by atoms with Gasteiger partial charge >= 0.3 is 6.03 Å². The monoisotopic (exact) mass is 660 g/mol. The van der Waals surface area contributed by atoms with Crippen molar-refractivity contribution < 1.29 is 14.3 Å². The lowest BCUT2D eigenvalue weighted by Crippen LogP contribution is -2.40. The van der Waals surface area contributed by atoms with Crippen LogP contribution in [0.25, 0.3) is 28.1 Å². The van der Waals surface area contributed by atoms with E-state index in [1.807, 2.05) is 71.7 Å². The van der Waals surface area contributed by atoms with E-state index in [0.717, 1.165) is 65.2 Å². The number of amides is 3. The first-order valence-electron chi connectivity index (χ1n) is 17.4. The van der Waals surface area contributed by atoms with Gasteiger partial charge in [0.2, 0.25) is 0 Å². The van der Waals surface area contributed by atoms with Crippen molar-refractivity contribution in [2.45, 2.75) is 83.2 Å². The second kappa shape index (κ2) is 12.2. The summed E-state index contributed by atoms with van der Waals surface area (Å²) in [7, 11) is 3.43. The van der Waals surface area contributed by atoms with Gasteiger partial charge in [0.15, 0.2) is 5.88 Å². The van der Waals surface area contributed by atoms with Crippen LogP contribution in [0.3, 0.4) is 0 Å². The van der Waals surface area contributed by atoms with Crippen LogP contribution in [0, 0.1) is 12.8 Å². The Balaban J connectivity index is 1.12. The summed E-state index contributed by atoms with van der Waals surface area (Å²) in [6.45, 7) is 5.37. The van der Waals surface area contributed by atoms with E-state index in [1.54, 1.807) is 19.1 Å². The number of rotatable bonds is 9. The molecule has 8 rings (SSSR count). The Morgan fingerprint density at radius 1 is 1.06 bits per heavy atom. The predicted molar refractivity (Wildman–Crippen MR) is 188 cm³/mol. The van der Waals surface area contributed by atoms with E-state index in [0.29, 0.717) is 29.6 Å². The Kier molecular flexibility index (Phi) is 7.82. The van der Waals surface area contributed by atoms with E-state index in [1.165, 1.54) is 12.8 Å². The molecule has 2 aliphatic heterocycles. The molecule has 4 atom stereocenters. The van der Waals surface area contributed by atoms with Crippen molar-refractivity contribution in [3.63, 3.8) is 0 Å². The van der Waals surface area contributed by atoms with Gasteiger partial charge in [-0.05, 0) is 81.7 Å². The Morgan fingerprint density at radius 2 is 1.86 bits per heavy atom. The highest BCUT2D eigenvalue weighted by molar-refractivity contribution is 5.97. The molecular formula is C38H44N8O3. The average molecular weight is 661 g/mol. The van der Waals surface area contributed by atoms with Gasteiger partial charge in [0.25, 0.3) is 5.91 Å². The third-order valence-electron chi connectivity index (χ3n) is 10.7. The van der Waals surface area contributed by atoms with Crippen LogP contribution in [0.1, 0.15) is 72.4 Å². The molecule has 11 nitrogen and oxygen atoms in total. The quantitative estimate of drug-likeness (QED) is 0.210. The first-order chi connectivity index (χ1) is 23.7. The predicted octanol–water partition coefficient (Wildman–Crippen LogP) is 5.68. The number of hydrogen-bond acceptors (Lipinski definition) is 6. The van der Waals surface area contributed by atoms with Gasteiger partial charge < -0.3 is 30.2 Å². The van der Waals surface area contributed by atoms with Crippen molar-refractivity contribution in [2.75, 3.05) is 14.2 Å². The number of ether oxygens (including phenoxy) is 1. The number of imidazole rings is 1. The number of pyridine rings is 2. The second-order valence-electron chi connectivity index (χ2n) is 14.2. The number of carbonyl (C=O) groups excluding carboxylic acids is 2. The molecule has 1 aliphatic carbocycles. The molecule has 0 radical (unpaired) electrons. The van der Waals surface area contributed by atoms with Crippen LogP contribution in [0.4, 0.5) is 4.79 Å².